The van der Waals surface area contributed by atoms with Crippen molar-refractivity contribution in [2.24, 2.45) is 0 Å². The molecule has 27 heavy (non-hydrogen) atoms. The zero-order valence-electron chi connectivity index (χ0n) is 15.6. The van der Waals surface area contributed by atoms with E-state index in [1.807, 2.05) is 42.6 Å². The molecule has 0 saturated carbocycles. The maximum atomic E-state index is 12.7. The van der Waals surface area contributed by atoms with Crippen molar-refractivity contribution in [2.45, 2.75) is 38.3 Å². The van der Waals surface area contributed by atoms with Crippen molar-refractivity contribution in [1.29, 1.82) is 0 Å². The van der Waals surface area contributed by atoms with E-state index in [1.54, 1.807) is 16.2 Å². The average molecular weight is 384 g/mol. The first-order chi connectivity index (χ1) is 13.1. The highest BCUT2D eigenvalue weighted by molar-refractivity contribution is 7.08. The van der Waals surface area contributed by atoms with Crippen LogP contribution in [0.15, 0.2) is 41.1 Å². The van der Waals surface area contributed by atoms with Gasteiger partial charge in [-0.25, -0.2) is 0 Å². The van der Waals surface area contributed by atoms with Gasteiger partial charge >= 0.3 is 11.8 Å². The lowest BCUT2D eigenvalue weighted by molar-refractivity contribution is -0.143. The van der Waals surface area contributed by atoms with Crippen LogP contribution in [0.1, 0.15) is 26.2 Å². The number of benzene rings is 1. The summed E-state index contributed by atoms with van der Waals surface area (Å²) in [5.41, 5.74) is 2.80. The Labute approximate surface area is 164 Å². The van der Waals surface area contributed by atoms with E-state index in [4.69, 9.17) is 0 Å². The van der Waals surface area contributed by atoms with Gasteiger partial charge in [0.25, 0.3) is 0 Å². The molecule has 2 saturated heterocycles. The number of likely N-dealkylation sites (tertiary alicyclic amines) is 2. The maximum Gasteiger partial charge on any atom is 0.313 e. The Morgan fingerprint density at radius 2 is 1.96 bits per heavy atom. The van der Waals surface area contributed by atoms with Gasteiger partial charge in [-0.2, -0.15) is 11.3 Å². The third-order valence-electron chi connectivity index (χ3n) is 5.64. The van der Waals surface area contributed by atoms with Crippen LogP contribution in [0.25, 0.3) is 11.1 Å². The lowest BCUT2D eigenvalue weighted by Crippen LogP contribution is -2.43. The van der Waals surface area contributed by atoms with Crippen molar-refractivity contribution in [1.82, 2.24) is 9.80 Å². The summed E-state index contributed by atoms with van der Waals surface area (Å²) in [4.78, 5) is 29.5. The van der Waals surface area contributed by atoms with E-state index in [2.05, 4.69) is 15.6 Å². The van der Waals surface area contributed by atoms with E-state index in [-0.39, 0.29) is 6.04 Å². The van der Waals surface area contributed by atoms with Gasteiger partial charge in [0, 0.05) is 24.3 Å². The molecule has 0 aliphatic carbocycles. The van der Waals surface area contributed by atoms with Crippen molar-refractivity contribution in [3.8, 4) is 11.1 Å². The third-order valence-corrected chi connectivity index (χ3v) is 6.32. The Kier molecular flexibility index (Phi) is 5.27. The van der Waals surface area contributed by atoms with Gasteiger partial charge in [-0.3, -0.25) is 14.5 Å². The fourth-order valence-corrected chi connectivity index (χ4v) is 4.84. The van der Waals surface area contributed by atoms with Crippen LogP contribution in [0.2, 0.25) is 0 Å². The van der Waals surface area contributed by atoms with E-state index in [0.717, 1.165) is 30.6 Å². The Balaban J connectivity index is 1.41. The van der Waals surface area contributed by atoms with Gasteiger partial charge in [-0.15, -0.1) is 0 Å². The number of rotatable bonds is 3. The molecule has 2 unspecified atom stereocenters. The summed E-state index contributed by atoms with van der Waals surface area (Å²) in [6.07, 6.45) is 3.42. The number of amides is 2. The first kappa shape index (κ1) is 18.2. The number of carbonyl (C=O) groups excluding carboxylic acids is 2. The van der Waals surface area contributed by atoms with Crippen LogP contribution in [0, 0.1) is 0 Å². The minimum Gasteiger partial charge on any atom is -0.330 e. The maximum absolute atomic E-state index is 12.7. The first-order valence-corrected chi connectivity index (χ1v) is 10.5. The molecule has 0 spiro atoms. The molecule has 3 heterocycles. The minimum absolute atomic E-state index is 0.103. The summed E-state index contributed by atoms with van der Waals surface area (Å²) < 4.78 is 0. The summed E-state index contributed by atoms with van der Waals surface area (Å²) in [6, 6.07) is 10.2. The lowest BCUT2D eigenvalue weighted by atomic mass is 10.1. The van der Waals surface area contributed by atoms with Crippen molar-refractivity contribution in [2.75, 3.05) is 25.0 Å². The number of hydrogen-bond acceptors (Lipinski definition) is 4. The van der Waals surface area contributed by atoms with E-state index in [0.29, 0.717) is 18.3 Å². The summed E-state index contributed by atoms with van der Waals surface area (Å²) >= 11 is 1.63. The Bertz CT molecular complexity index is 815. The molecule has 2 amide bonds. The van der Waals surface area contributed by atoms with Gasteiger partial charge in [-0.1, -0.05) is 12.1 Å². The fraction of sp³-hybridized carbons (Fsp3) is 0.429. The van der Waals surface area contributed by atoms with E-state index in [1.165, 1.54) is 12.8 Å². The summed E-state index contributed by atoms with van der Waals surface area (Å²) in [7, 11) is 0. The summed E-state index contributed by atoms with van der Waals surface area (Å²) in [5, 5.41) is 6.87. The minimum atomic E-state index is -0.550. The first-order valence-electron chi connectivity index (χ1n) is 9.60. The number of hydrogen-bond donors (Lipinski definition) is 1. The highest BCUT2D eigenvalue weighted by Gasteiger charge is 2.38. The third kappa shape index (κ3) is 3.92. The van der Waals surface area contributed by atoms with Crippen LogP contribution >= 0.6 is 11.3 Å². The molecule has 1 aromatic carbocycles. The normalized spacial score (nSPS) is 22.9. The van der Waals surface area contributed by atoms with Crippen molar-refractivity contribution in [3.05, 3.63) is 41.1 Å². The fourth-order valence-electron chi connectivity index (χ4n) is 4.18. The molecule has 1 aromatic heterocycles. The van der Waals surface area contributed by atoms with Gasteiger partial charge < -0.3 is 10.2 Å². The Morgan fingerprint density at radius 3 is 2.70 bits per heavy atom. The highest BCUT2D eigenvalue weighted by Crippen LogP contribution is 2.26. The summed E-state index contributed by atoms with van der Waals surface area (Å²) in [6.45, 7) is 4.92. The number of nitrogens with one attached hydrogen (secondary N) is 1. The quantitative estimate of drug-likeness (QED) is 0.826. The van der Waals surface area contributed by atoms with Gasteiger partial charge in [-0.05, 0) is 79.4 Å². The van der Waals surface area contributed by atoms with Crippen LogP contribution in [0.4, 0.5) is 5.69 Å². The molecule has 1 N–H and O–H groups in total. The molecular formula is C21H25N3O2S. The highest BCUT2D eigenvalue weighted by atomic mass is 32.1. The van der Waals surface area contributed by atoms with Gasteiger partial charge in [0.2, 0.25) is 0 Å². The molecule has 0 bridgehead atoms. The van der Waals surface area contributed by atoms with Gasteiger partial charge in [0.15, 0.2) is 0 Å². The Hall–Kier alpha value is -2.18. The molecule has 2 aliphatic heterocycles. The Morgan fingerprint density at radius 1 is 1.15 bits per heavy atom. The van der Waals surface area contributed by atoms with Gasteiger partial charge in [0.1, 0.15) is 0 Å². The van der Waals surface area contributed by atoms with E-state index >= 15 is 0 Å². The average Bonchev–Trinajstić information content (AvgIpc) is 3.42. The van der Waals surface area contributed by atoms with Crippen molar-refractivity contribution >= 4 is 28.8 Å². The molecule has 2 atom stereocenters. The predicted octanol–water partition coefficient (Wildman–Crippen LogP) is 3.44. The molecule has 0 radical (unpaired) electrons. The van der Waals surface area contributed by atoms with Crippen LogP contribution in [-0.2, 0) is 9.59 Å². The second-order valence-corrected chi connectivity index (χ2v) is 8.27. The molecule has 6 heteroatoms. The topological polar surface area (TPSA) is 52.7 Å². The number of nitrogens with zero attached hydrogens (tertiary/aromatic N) is 2. The van der Waals surface area contributed by atoms with Crippen LogP contribution in [-0.4, -0.2) is 53.3 Å². The van der Waals surface area contributed by atoms with Crippen LogP contribution in [0.5, 0.6) is 0 Å². The predicted molar refractivity (Wildman–Crippen MR) is 109 cm³/mol. The standard InChI is InChI=1S/C21H25N3O2S/c1-15-11-19(23-8-2-3-9-23)13-24(15)21(26)20(25)22-18-6-4-5-16(12-18)17-7-10-27-14-17/h4-7,10,12,14-15,19H,2-3,8-9,11,13H2,1H3,(H,22,25). The van der Waals surface area contributed by atoms with Crippen molar-refractivity contribution in [3.63, 3.8) is 0 Å². The zero-order chi connectivity index (χ0) is 18.8. The number of carbonyl (C=O) groups is 2. The molecule has 2 fully saturated rings. The van der Waals surface area contributed by atoms with Crippen LogP contribution in [0.3, 0.4) is 0 Å². The lowest BCUT2D eigenvalue weighted by Gasteiger charge is -2.23. The second-order valence-electron chi connectivity index (χ2n) is 7.49. The molecule has 4 rings (SSSR count). The summed E-state index contributed by atoms with van der Waals surface area (Å²) in [5.74, 6) is -0.975. The smallest absolute Gasteiger partial charge is 0.313 e. The van der Waals surface area contributed by atoms with Crippen LogP contribution < -0.4 is 5.32 Å². The zero-order valence-corrected chi connectivity index (χ0v) is 16.4. The number of thiophene rings is 1. The van der Waals surface area contributed by atoms with Gasteiger partial charge in [0.05, 0.1) is 0 Å². The molecular weight excluding hydrogens is 358 g/mol. The molecule has 5 nitrogen and oxygen atoms in total. The molecule has 2 aromatic rings. The van der Waals surface area contributed by atoms with Crippen molar-refractivity contribution < 1.29 is 9.59 Å². The van der Waals surface area contributed by atoms with E-state index < -0.39 is 11.8 Å². The monoisotopic (exact) mass is 383 g/mol. The van der Waals surface area contributed by atoms with E-state index in [9.17, 15) is 9.59 Å². The molecule has 142 valence electrons. The SMILES string of the molecule is CC1CC(N2CCCC2)CN1C(=O)C(=O)Nc1cccc(-c2ccsc2)c1. The molecule has 2 aliphatic rings. The largest absolute Gasteiger partial charge is 0.330 e. The number of anilines is 1. The second kappa shape index (κ2) is 7.82.